The first-order valence-electron chi connectivity index (χ1n) is 8.91. The van der Waals surface area contributed by atoms with Crippen LogP contribution < -0.4 is 4.74 Å². The number of benzene rings is 1. The third-order valence-electron chi connectivity index (χ3n) is 4.99. The van der Waals surface area contributed by atoms with E-state index >= 15 is 0 Å². The second-order valence-corrected chi connectivity index (χ2v) is 6.70. The number of hydrogen-bond donors (Lipinski definition) is 2. The number of hydrogen-bond acceptors (Lipinski definition) is 4. The van der Waals surface area contributed by atoms with Crippen LogP contribution >= 0.6 is 0 Å². The molecular weight excluding hydrogens is 361 g/mol. The van der Waals surface area contributed by atoms with Crippen LogP contribution in [0.4, 0.5) is 4.39 Å². The van der Waals surface area contributed by atoms with Crippen LogP contribution in [0.5, 0.6) is 5.75 Å². The number of methoxy groups -OCH3 is 1. The fraction of sp³-hybridized carbons (Fsp3) is 0.238. The number of aromatic amines is 1. The Bertz CT molecular complexity index is 979. The highest BCUT2D eigenvalue weighted by molar-refractivity contribution is 5.96. The maximum atomic E-state index is 14.2. The average Bonchev–Trinajstić information content (AvgIpc) is 3.37. The molecule has 0 spiro atoms. The molecule has 1 fully saturated rings. The Morgan fingerprint density at radius 1 is 1.46 bits per heavy atom. The summed E-state index contributed by atoms with van der Waals surface area (Å²) in [4.78, 5) is 14.7. The molecule has 6 nitrogen and oxygen atoms in total. The number of aliphatic hydroxyl groups excluding tert-OH is 1. The van der Waals surface area contributed by atoms with Gasteiger partial charge in [0.15, 0.2) is 0 Å². The van der Waals surface area contributed by atoms with Crippen molar-refractivity contribution in [2.75, 3.05) is 13.7 Å². The normalized spacial score (nSPS) is 21.2. The number of nitrogens with one attached hydrogen (secondary N) is 1. The summed E-state index contributed by atoms with van der Waals surface area (Å²) < 4.78 is 19.7. The van der Waals surface area contributed by atoms with Crippen LogP contribution in [-0.4, -0.2) is 51.9 Å². The van der Waals surface area contributed by atoms with Gasteiger partial charge in [-0.15, -0.1) is 0 Å². The van der Waals surface area contributed by atoms with Gasteiger partial charge < -0.3 is 14.7 Å². The number of β-amino-alcohol motifs (C(OH)–C–C–N with tert-alkyl or cyclic N) is 1. The summed E-state index contributed by atoms with van der Waals surface area (Å²) in [6.45, 7) is 0.142. The Kier molecular flexibility index (Phi) is 4.77. The fourth-order valence-electron chi connectivity index (χ4n) is 3.65. The number of likely N-dealkylation sites (tertiary alicyclic amines) is 1. The van der Waals surface area contributed by atoms with E-state index in [1.807, 2.05) is 0 Å². The molecule has 0 saturated carbocycles. The number of carbonyl (C=O) groups excluding carboxylic acids is 1. The van der Waals surface area contributed by atoms with Crippen molar-refractivity contribution in [3.05, 3.63) is 71.9 Å². The molecule has 2 atom stereocenters. The number of aromatic nitrogens is 2. The lowest BCUT2D eigenvalue weighted by molar-refractivity contribution is 0.0733. The van der Waals surface area contributed by atoms with E-state index < -0.39 is 18.0 Å². The van der Waals surface area contributed by atoms with Crippen molar-refractivity contribution >= 4 is 5.91 Å². The highest BCUT2D eigenvalue weighted by Crippen LogP contribution is 2.34. The molecule has 142 valence electrons. The van der Waals surface area contributed by atoms with Crippen molar-refractivity contribution in [3.63, 3.8) is 0 Å². The van der Waals surface area contributed by atoms with Crippen molar-refractivity contribution in [2.24, 2.45) is 0 Å². The summed E-state index contributed by atoms with van der Waals surface area (Å²) in [5.74, 6) is -0.267. The standard InChI is InChI=1S/C21H18FN3O3/c1-28-20-8-13(6-7-16(20)14-10-23-24-11-14)21(27)25-12-15(26)9-19(25)17-4-2-3-5-18(17)22/h2-4,6-8,10-11,15,19,26H,9,12H2,1H3/p+1/t15-,19-/m1/s1. The van der Waals surface area contributed by atoms with Gasteiger partial charge in [0.25, 0.3) is 11.7 Å². The number of nitrogens with zero attached hydrogens (tertiary/aromatic N) is 2. The minimum Gasteiger partial charge on any atom is -0.496 e. The summed E-state index contributed by atoms with van der Waals surface area (Å²) >= 11 is 0. The number of amides is 1. The predicted octanol–water partition coefficient (Wildman–Crippen LogP) is 2.81. The molecule has 1 aromatic carbocycles. The summed E-state index contributed by atoms with van der Waals surface area (Å²) in [5, 5.41) is 16.8. The predicted molar refractivity (Wildman–Crippen MR) is 101 cm³/mol. The number of aliphatic hydroxyl groups is 1. The van der Waals surface area contributed by atoms with Crippen LogP contribution in [0.3, 0.4) is 0 Å². The van der Waals surface area contributed by atoms with E-state index in [9.17, 15) is 14.3 Å². The van der Waals surface area contributed by atoms with Crippen molar-refractivity contribution in [1.82, 2.24) is 15.1 Å². The number of halogens is 1. The first kappa shape index (κ1) is 18.1. The number of H-pyrrole nitrogens is 1. The maximum Gasteiger partial charge on any atom is 0.290 e. The molecule has 0 unspecified atom stereocenters. The maximum absolute atomic E-state index is 14.2. The molecular formula is C21H19FN3O3+. The van der Waals surface area contributed by atoms with E-state index in [4.69, 9.17) is 4.74 Å². The lowest BCUT2D eigenvalue weighted by Gasteiger charge is -2.23. The monoisotopic (exact) mass is 380 g/mol. The second kappa shape index (κ2) is 7.38. The van der Waals surface area contributed by atoms with Gasteiger partial charge in [-0.2, -0.15) is 9.49 Å². The molecule has 4 rings (SSSR count). The smallest absolute Gasteiger partial charge is 0.290 e. The highest BCUT2D eigenvalue weighted by atomic mass is 19.1. The number of rotatable bonds is 4. The summed E-state index contributed by atoms with van der Waals surface area (Å²) in [6, 6.07) is 4.59. The molecule has 2 aromatic rings. The highest BCUT2D eigenvalue weighted by Gasteiger charge is 2.42. The van der Waals surface area contributed by atoms with Crippen LogP contribution in [0, 0.1) is 6.08 Å². The molecule has 1 amide bonds. The van der Waals surface area contributed by atoms with Gasteiger partial charge in [0.05, 0.1) is 31.6 Å². The van der Waals surface area contributed by atoms with E-state index in [-0.39, 0.29) is 18.9 Å². The topological polar surface area (TPSA) is 78.4 Å². The van der Waals surface area contributed by atoms with E-state index in [0.717, 1.165) is 11.1 Å². The Labute approximate surface area is 161 Å². The zero-order valence-electron chi connectivity index (χ0n) is 15.2. The van der Waals surface area contributed by atoms with Gasteiger partial charge in [-0.05, 0) is 18.2 Å². The summed E-state index contributed by atoms with van der Waals surface area (Å²) in [6.07, 6.45) is 10.3. The molecule has 2 heterocycles. The van der Waals surface area contributed by atoms with Crippen molar-refractivity contribution in [1.29, 1.82) is 0 Å². The number of allylic oxidation sites excluding steroid dienone is 4. The van der Waals surface area contributed by atoms with Gasteiger partial charge in [-0.1, -0.05) is 0 Å². The molecule has 1 aromatic heterocycles. The Morgan fingerprint density at radius 2 is 2.32 bits per heavy atom. The lowest BCUT2D eigenvalue weighted by atomic mass is 9.98. The average molecular weight is 380 g/mol. The van der Waals surface area contributed by atoms with Gasteiger partial charge >= 0.3 is 0 Å². The largest absolute Gasteiger partial charge is 0.496 e. The van der Waals surface area contributed by atoms with Crippen molar-refractivity contribution in [3.8, 4) is 16.9 Å². The van der Waals surface area contributed by atoms with Gasteiger partial charge in [-0.25, -0.2) is 0 Å². The fourth-order valence-corrected chi connectivity index (χ4v) is 3.65. The van der Waals surface area contributed by atoms with E-state index in [2.05, 4.69) is 16.3 Å². The molecule has 28 heavy (non-hydrogen) atoms. The molecule has 1 saturated heterocycles. The van der Waals surface area contributed by atoms with Crippen molar-refractivity contribution < 1.29 is 19.0 Å². The van der Waals surface area contributed by atoms with E-state index in [1.54, 1.807) is 42.7 Å². The third kappa shape index (κ3) is 3.22. The van der Waals surface area contributed by atoms with E-state index in [1.165, 1.54) is 18.1 Å². The van der Waals surface area contributed by atoms with Gasteiger partial charge in [-0.3, -0.25) is 9.89 Å². The first-order valence-corrected chi connectivity index (χ1v) is 8.91. The van der Waals surface area contributed by atoms with Gasteiger partial charge in [0.2, 0.25) is 0 Å². The van der Waals surface area contributed by atoms with Crippen LogP contribution in [0.2, 0.25) is 0 Å². The zero-order chi connectivity index (χ0) is 19.7. The third-order valence-corrected chi connectivity index (χ3v) is 4.99. The van der Waals surface area contributed by atoms with Crippen LogP contribution in [0.15, 0.2) is 60.2 Å². The summed E-state index contributed by atoms with van der Waals surface area (Å²) in [7, 11) is 1.53. The minimum atomic E-state index is -0.708. The Hall–Kier alpha value is -3.28. The lowest BCUT2D eigenvalue weighted by Crippen LogP contribution is -2.37. The molecule has 2 N–H and O–H groups in total. The van der Waals surface area contributed by atoms with Crippen LogP contribution in [0.1, 0.15) is 16.8 Å². The van der Waals surface area contributed by atoms with E-state index in [0.29, 0.717) is 16.9 Å². The molecule has 0 radical (unpaired) electrons. The van der Waals surface area contributed by atoms with Crippen molar-refractivity contribution in [2.45, 2.75) is 18.6 Å². The molecule has 2 aliphatic rings. The number of carbonyl (C=O) groups is 1. The molecule has 1 aliphatic carbocycles. The zero-order valence-corrected chi connectivity index (χ0v) is 15.2. The summed E-state index contributed by atoms with van der Waals surface area (Å²) in [5.41, 5.74) is 2.40. The van der Waals surface area contributed by atoms with Crippen LogP contribution in [0.25, 0.3) is 11.1 Å². The Morgan fingerprint density at radius 3 is 3.04 bits per heavy atom. The van der Waals surface area contributed by atoms with Crippen LogP contribution in [-0.2, 0) is 0 Å². The quantitative estimate of drug-likeness (QED) is 0.800. The second-order valence-electron chi connectivity index (χ2n) is 6.70. The van der Waals surface area contributed by atoms with Gasteiger partial charge in [0.1, 0.15) is 23.4 Å². The van der Waals surface area contributed by atoms with Gasteiger partial charge in [0, 0.05) is 41.9 Å². The first-order chi connectivity index (χ1) is 13.6. The SMILES string of the molecule is COc1cc(C(=O)N2C[C@H](O)C[C@@H]2C2=CC=C[C+]=C2F)ccc1-c1cn[nH]c1. The molecule has 7 heteroatoms. The Balaban J connectivity index is 1.65. The molecule has 1 aliphatic heterocycles. The minimum absolute atomic E-state index is 0.142. The molecule has 0 bridgehead atoms. The number of ether oxygens (including phenoxy) is 1.